The van der Waals surface area contributed by atoms with Gasteiger partial charge in [0.2, 0.25) is 0 Å². The van der Waals surface area contributed by atoms with Crippen LogP contribution in [0.5, 0.6) is 0 Å². The van der Waals surface area contributed by atoms with E-state index in [0.717, 1.165) is 12.8 Å². The minimum atomic E-state index is -0.259. The molecular weight excluding hydrogens is 663 g/mol. The zero-order chi connectivity index (χ0) is 37.7. The highest BCUT2D eigenvalue weighted by Crippen LogP contribution is 2.61. The van der Waals surface area contributed by atoms with Gasteiger partial charge in [-0.15, -0.1) is 0 Å². The summed E-state index contributed by atoms with van der Waals surface area (Å²) < 4.78 is 0. The van der Waals surface area contributed by atoms with Crippen LogP contribution >= 0.6 is 0 Å². The van der Waals surface area contributed by atoms with Gasteiger partial charge in [0.05, 0.1) is 0 Å². The largest absolute Gasteiger partial charge is 0.320 e. The summed E-state index contributed by atoms with van der Waals surface area (Å²) in [6, 6.07) is 53.8. The summed E-state index contributed by atoms with van der Waals surface area (Å²) in [5.74, 6) is 0. The lowest BCUT2D eigenvalue weighted by Crippen LogP contribution is -2.21. The zero-order valence-corrected chi connectivity index (χ0v) is 32.6. The van der Waals surface area contributed by atoms with Crippen LogP contribution in [-0.4, -0.2) is 0 Å². The third kappa shape index (κ3) is 5.76. The summed E-state index contributed by atoms with van der Waals surface area (Å²) in [6.07, 6.45) is 11.2. The van der Waals surface area contributed by atoms with Crippen molar-refractivity contribution in [1.29, 1.82) is 0 Å². The first-order valence-corrected chi connectivity index (χ1v) is 19.9. The third-order valence-electron chi connectivity index (χ3n) is 12.5. The first-order chi connectivity index (χ1) is 26.8. The van der Waals surface area contributed by atoms with Crippen molar-refractivity contribution in [3.63, 3.8) is 0 Å². The highest BCUT2D eigenvalue weighted by atomic mass is 15.1. The fourth-order valence-corrected chi connectivity index (χ4v) is 9.67. The smallest absolute Gasteiger partial charge is 0.0453 e. The maximum Gasteiger partial charge on any atom is 0.0453 e. The Balaban J connectivity index is 1.36. The minimum Gasteiger partial charge on any atom is -0.320 e. The van der Waals surface area contributed by atoms with Gasteiger partial charge in [0, 0.05) is 34.0 Å². The fraction of sp³-hybridized carbons (Fsp3) is 0.185. The maximum atomic E-state index is 4.27. The first kappa shape index (κ1) is 34.8. The second-order valence-electron chi connectivity index (χ2n) is 16.4. The normalized spacial score (nSPS) is 17.9. The van der Waals surface area contributed by atoms with Crippen LogP contribution in [0, 0.1) is 0 Å². The van der Waals surface area contributed by atoms with Gasteiger partial charge >= 0.3 is 0 Å². The Morgan fingerprint density at radius 3 is 1.76 bits per heavy atom. The van der Waals surface area contributed by atoms with Crippen LogP contribution in [0.1, 0.15) is 81.2 Å². The molecule has 0 saturated heterocycles. The molecule has 1 heteroatoms. The molecule has 6 aromatic rings. The van der Waals surface area contributed by atoms with Crippen molar-refractivity contribution in [2.75, 3.05) is 4.90 Å². The quantitative estimate of drug-likeness (QED) is 0.159. The molecule has 1 nitrogen and oxygen atoms in total. The fourth-order valence-electron chi connectivity index (χ4n) is 9.67. The summed E-state index contributed by atoms with van der Waals surface area (Å²) in [4.78, 5) is 2.55. The molecule has 0 atom stereocenters. The van der Waals surface area contributed by atoms with Gasteiger partial charge in [-0.05, 0) is 110 Å². The number of hydrogen-bond acceptors (Lipinski definition) is 1. The molecule has 55 heavy (non-hydrogen) atoms. The number of allylic oxidation sites excluding steroid dienone is 6. The van der Waals surface area contributed by atoms with Crippen molar-refractivity contribution in [2.24, 2.45) is 0 Å². The van der Waals surface area contributed by atoms with Gasteiger partial charge in [-0.3, -0.25) is 0 Å². The van der Waals surface area contributed by atoms with Gasteiger partial charge in [-0.2, -0.15) is 0 Å². The van der Waals surface area contributed by atoms with E-state index in [0.29, 0.717) is 0 Å². The lowest BCUT2D eigenvalue weighted by atomic mass is 9.76. The Hall–Kier alpha value is -5.92. The summed E-state index contributed by atoms with van der Waals surface area (Å²) >= 11 is 0. The van der Waals surface area contributed by atoms with Crippen molar-refractivity contribution < 1.29 is 0 Å². The van der Waals surface area contributed by atoms with Crippen LogP contribution in [0.2, 0.25) is 0 Å². The lowest BCUT2D eigenvalue weighted by Gasteiger charge is -2.32. The van der Waals surface area contributed by atoms with Crippen LogP contribution in [0.25, 0.3) is 44.5 Å². The molecule has 0 aromatic heterocycles. The Morgan fingerprint density at radius 1 is 0.527 bits per heavy atom. The topological polar surface area (TPSA) is 3.24 Å². The lowest BCUT2D eigenvalue weighted by molar-refractivity contribution is 0.639. The number of rotatable bonds is 7. The predicted molar refractivity (Wildman–Crippen MR) is 235 cm³/mol. The van der Waals surface area contributed by atoms with Gasteiger partial charge in [0.25, 0.3) is 0 Å². The van der Waals surface area contributed by atoms with E-state index < -0.39 is 0 Å². The second kappa shape index (κ2) is 13.7. The summed E-state index contributed by atoms with van der Waals surface area (Å²) in [7, 11) is 0. The van der Waals surface area contributed by atoms with E-state index in [1.807, 2.05) is 6.08 Å². The Morgan fingerprint density at radius 2 is 1.09 bits per heavy atom. The number of hydrogen-bond donors (Lipinski definition) is 0. The molecule has 0 fully saturated rings. The van der Waals surface area contributed by atoms with Crippen LogP contribution in [0.3, 0.4) is 0 Å². The van der Waals surface area contributed by atoms with E-state index in [1.165, 1.54) is 102 Å². The van der Waals surface area contributed by atoms with Gasteiger partial charge in [0.15, 0.2) is 0 Å². The van der Waals surface area contributed by atoms with E-state index in [-0.39, 0.29) is 10.8 Å². The van der Waals surface area contributed by atoms with Crippen molar-refractivity contribution in [3.05, 3.63) is 210 Å². The molecule has 6 aromatic carbocycles. The Bertz CT molecular complexity index is 2510. The number of nitrogens with zero attached hydrogens (tertiary/aromatic N) is 1. The molecule has 9 rings (SSSR count). The molecule has 0 bridgehead atoms. The molecule has 0 saturated carbocycles. The zero-order valence-electron chi connectivity index (χ0n) is 32.6. The second-order valence-corrected chi connectivity index (χ2v) is 16.4. The molecule has 0 aliphatic heterocycles. The molecule has 3 aliphatic carbocycles. The number of benzene rings is 6. The van der Waals surface area contributed by atoms with Crippen molar-refractivity contribution in [2.45, 2.75) is 64.2 Å². The van der Waals surface area contributed by atoms with E-state index >= 15 is 0 Å². The standard InChI is InChI=1S/C54H49N/c1-6-20-45-44(52-48(53(45,2)3)35-47-51(50(52)40-25-14-9-15-26-40)43-28-16-18-29-46(43)54(47,4)5)36-55(41-33-31-38(32-34-41)37-21-10-7-11-22-37)49-30-19-17-27-42(49)39-23-12-8-13-24-39/h6-16,18,20-26,28-29,31-36H,1,17,19,27,30H2,2-5H3/b44-36+,45-20?. The van der Waals surface area contributed by atoms with Crippen molar-refractivity contribution >= 4 is 16.8 Å². The van der Waals surface area contributed by atoms with Gasteiger partial charge in [0.1, 0.15) is 0 Å². The summed E-state index contributed by atoms with van der Waals surface area (Å²) in [5.41, 5.74) is 20.8. The minimum absolute atomic E-state index is 0.126. The molecule has 0 N–H and O–H groups in total. The van der Waals surface area contributed by atoms with Gasteiger partial charge < -0.3 is 4.90 Å². The average Bonchev–Trinajstić information content (AvgIpc) is 3.59. The van der Waals surface area contributed by atoms with Crippen LogP contribution < -0.4 is 4.90 Å². The third-order valence-corrected chi connectivity index (χ3v) is 12.5. The van der Waals surface area contributed by atoms with E-state index in [1.54, 1.807) is 0 Å². The van der Waals surface area contributed by atoms with Gasteiger partial charge in [-0.1, -0.05) is 180 Å². The molecule has 3 aliphatic rings. The van der Waals surface area contributed by atoms with E-state index in [9.17, 15) is 0 Å². The van der Waals surface area contributed by atoms with Crippen LogP contribution in [0.4, 0.5) is 5.69 Å². The monoisotopic (exact) mass is 711 g/mol. The number of anilines is 1. The molecule has 270 valence electrons. The predicted octanol–water partition coefficient (Wildman–Crippen LogP) is 14.6. The van der Waals surface area contributed by atoms with Crippen molar-refractivity contribution in [3.8, 4) is 33.4 Å². The van der Waals surface area contributed by atoms with Crippen molar-refractivity contribution in [1.82, 2.24) is 0 Å². The molecule has 0 heterocycles. The molecule has 0 spiro atoms. The van der Waals surface area contributed by atoms with Crippen LogP contribution in [0.15, 0.2) is 182 Å². The summed E-state index contributed by atoms with van der Waals surface area (Å²) in [6.45, 7) is 13.9. The number of fused-ring (bicyclic) bond motifs is 4. The van der Waals surface area contributed by atoms with Crippen LogP contribution in [-0.2, 0) is 10.8 Å². The maximum absolute atomic E-state index is 4.27. The Labute approximate surface area is 327 Å². The Kier molecular flexibility index (Phi) is 8.70. The highest BCUT2D eigenvalue weighted by Gasteiger charge is 2.46. The first-order valence-electron chi connectivity index (χ1n) is 19.9. The van der Waals surface area contributed by atoms with Gasteiger partial charge in [-0.25, -0.2) is 0 Å². The molecule has 0 amide bonds. The van der Waals surface area contributed by atoms with E-state index in [4.69, 9.17) is 0 Å². The molecular formula is C54H49N. The molecule has 0 radical (unpaired) electrons. The molecule has 0 unspecified atom stereocenters. The SMILES string of the molecule is C=CC=C1/C(=C\N(C2=C(c3ccccc3)CCCC2)c2ccc(-c3ccccc3)cc2)c2c(cc3c(c2-c2ccccc2)-c2ccccc2C3(C)C)C1(C)C. The summed E-state index contributed by atoms with van der Waals surface area (Å²) in [5, 5.41) is 0. The average molecular weight is 712 g/mol. The highest BCUT2D eigenvalue weighted by molar-refractivity contribution is 6.05. The van der Waals surface area contributed by atoms with E-state index in [2.05, 4.69) is 197 Å².